The minimum atomic E-state index is -0.306. The molecule has 20 heavy (non-hydrogen) atoms. The van der Waals surface area contributed by atoms with Crippen molar-refractivity contribution >= 4 is 44.9 Å². The fraction of sp³-hybridized carbons (Fsp3) is 0.133. The first-order chi connectivity index (χ1) is 9.47. The van der Waals surface area contributed by atoms with Crippen LogP contribution in [0.1, 0.15) is 11.1 Å². The van der Waals surface area contributed by atoms with E-state index in [1.807, 2.05) is 38.1 Å². The first kappa shape index (κ1) is 14.9. The first-order valence-electron chi connectivity index (χ1n) is 6.06. The number of hydrogen-bond acceptors (Lipinski definition) is 1. The topological polar surface area (TPSA) is 41.1 Å². The molecule has 2 aromatic carbocycles. The number of benzene rings is 2. The Morgan fingerprint density at radius 3 is 2.50 bits per heavy atom. The fourth-order valence-corrected chi connectivity index (χ4v) is 2.51. The van der Waals surface area contributed by atoms with Crippen LogP contribution in [0.5, 0.6) is 0 Å². The van der Waals surface area contributed by atoms with Crippen LogP contribution in [0.4, 0.5) is 16.2 Å². The number of anilines is 2. The van der Waals surface area contributed by atoms with Gasteiger partial charge in [0.15, 0.2) is 0 Å². The molecule has 2 aromatic rings. The van der Waals surface area contributed by atoms with Crippen molar-refractivity contribution in [2.45, 2.75) is 13.8 Å². The largest absolute Gasteiger partial charge is 0.323 e. The lowest BCUT2D eigenvalue weighted by molar-refractivity contribution is 0.262. The molecule has 0 heterocycles. The van der Waals surface area contributed by atoms with Gasteiger partial charge in [0.1, 0.15) is 0 Å². The maximum absolute atomic E-state index is 12.0. The van der Waals surface area contributed by atoms with Crippen molar-refractivity contribution in [1.29, 1.82) is 0 Å². The van der Waals surface area contributed by atoms with E-state index in [1.54, 1.807) is 12.1 Å². The normalized spacial score (nSPS) is 10.2. The van der Waals surface area contributed by atoms with Crippen LogP contribution < -0.4 is 10.6 Å². The molecule has 0 fully saturated rings. The average molecular weight is 354 g/mol. The Hall–Kier alpha value is -1.52. The molecule has 0 aliphatic carbocycles. The molecule has 0 saturated carbocycles. The Morgan fingerprint density at radius 1 is 1.10 bits per heavy atom. The second-order valence-electron chi connectivity index (χ2n) is 4.47. The number of amides is 2. The SMILES string of the molecule is Cc1ccc(NC(=O)Nc2cccc(Cl)c2C)c(Br)c1. The van der Waals surface area contributed by atoms with Crippen molar-refractivity contribution in [2.75, 3.05) is 10.6 Å². The van der Waals surface area contributed by atoms with E-state index in [1.165, 1.54) is 0 Å². The third-order valence-corrected chi connectivity index (χ3v) is 3.95. The second kappa shape index (κ2) is 6.29. The molecule has 0 unspecified atom stereocenters. The Balaban J connectivity index is 2.11. The van der Waals surface area contributed by atoms with Gasteiger partial charge in [-0.1, -0.05) is 23.7 Å². The lowest BCUT2D eigenvalue weighted by atomic mass is 10.2. The first-order valence-corrected chi connectivity index (χ1v) is 7.24. The summed E-state index contributed by atoms with van der Waals surface area (Å²) in [5.41, 5.74) is 3.37. The van der Waals surface area contributed by atoms with Gasteiger partial charge in [0.05, 0.1) is 5.69 Å². The standard InChI is InChI=1S/C15H14BrClN2O/c1-9-6-7-14(11(16)8-9)19-15(20)18-13-5-3-4-12(17)10(13)2/h3-8H,1-2H3,(H2,18,19,20). The molecule has 0 aromatic heterocycles. The summed E-state index contributed by atoms with van der Waals surface area (Å²) in [6.07, 6.45) is 0. The van der Waals surface area contributed by atoms with Gasteiger partial charge in [-0.05, 0) is 65.2 Å². The minimum Gasteiger partial charge on any atom is -0.307 e. The molecule has 3 nitrogen and oxygen atoms in total. The highest BCUT2D eigenvalue weighted by Crippen LogP contribution is 2.25. The molecule has 0 bridgehead atoms. The smallest absolute Gasteiger partial charge is 0.307 e. The zero-order valence-electron chi connectivity index (χ0n) is 11.1. The van der Waals surface area contributed by atoms with Crippen LogP contribution in [-0.2, 0) is 0 Å². The van der Waals surface area contributed by atoms with E-state index in [-0.39, 0.29) is 6.03 Å². The molecular formula is C15H14BrClN2O. The van der Waals surface area contributed by atoms with Gasteiger partial charge in [0.25, 0.3) is 0 Å². The molecule has 0 aliphatic heterocycles. The van der Waals surface area contributed by atoms with Crippen LogP contribution in [0.3, 0.4) is 0 Å². The van der Waals surface area contributed by atoms with Crippen molar-refractivity contribution in [2.24, 2.45) is 0 Å². The molecular weight excluding hydrogens is 340 g/mol. The number of halogens is 2. The maximum atomic E-state index is 12.0. The number of nitrogens with one attached hydrogen (secondary N) is 2. The molecule has 0 atom stereocenters. The number of carbonyl (C=O) groups excluding carboxylic acids is 1. The van der Waals surface area contributed by atoms with E-state index < -0.39 is 0 Å². The summed E-state index contributed by atoms with van der Waals surface area (Å²) < 4.78 is 0.843. The maximum Gasteiger partial charge on any atom is 0.323 e. The van der Waals surface area contributed by atoms with Gasteiger partial charge >= 0.3 is 6.03 Å². The Bertz CT molecular complexity index is 658. The highest BCUT2D eigenvalue weighted by Gasteiger charge is 2.08. The predicted octanol–water partition coefficient (Wildman–Crippen LogP) is 5.36. The van der Waals surface area contributed by atoms with Crippen LogP contribution in [-0.4, -0.2) is 6.03 Å². The number of aryl methyl sites for hydroxylation is 1. The summed E-state index contributed by atoms with van der Waals surface area (Å²) in [6.45, 7) is 3.85. The van der Waals surface area contributed by atoms with Gasteiger partial charge in [-0.2, -0.15) is 0 Å². The molecule has 5 heteroatoms. The van der Waals surface area contributed by atoms with Crippen LogP contribution in [0.15, 0.2) is 40.9 Å². The molecule has 104 valence electrons. The van der Waals surface area contributed by atoms with Crippen molar-refractivity contribution < 1.29 is 4.79 Å². The van der Waals surface area contributed by atoms with Crippen LogP contribution >= 0.6 is 27.5 Å². The van der Waals surface area contributed by atoms with Gasteiger partial charge in [0, 0.05) is 15.2 Å². The molecule has 0 spiro atoms. The van der Waals surface area contributed by atoms with Gasteiger partial charge < -0.3 is 10.6 Å². The third-order valence-electron chi connectivity index (χ3n) is 2.89. The molecule has 2 rings (SSSR count). The van der Waals surface area contributed by atoms with Crippen molar-refractivity contribution in [3.05, 3.63) is 57.0 Å². The zero-order chi connectivity index (χ0) is 14.7. The van der Waals surface area contributed by atoms with Gasteiger partial charge in [-0.15, -0.1) is 0 Å². The highest BCUT2D eigenvalue weighted by atomic mass is 79.9. The Morgan fingerprint density at radius 2 is 1.80 bits per heavy atom. The summed E-state index contributed by atoms with van der Waals surface area (Å²) in [7, 11) is 0. The van der Waals surface area contributed by atoms with E-state index in [9.17, 15) is 4.79 Å². The number of rotatable bonds is 2. The van der Waals surface area contributed by atoms with E-state index in [0.29, 0.717) is 16.4 Å². The Labute approximate surface area is 131 Å². The number of carbonyl (C=O) groups is 1. The predicted molar refractivity (Wildman–Crippen MR) is 87.7 cm³/mol. The van der Waals surface area contributed by atoms with E-state index in [2.05, 4.69) is 26.6 Å². The third kappa shape index (κ3) is 3.52. The summed E-state index contributed by atoms with van der Waals surface area (Å²) in [4.78, 5) is 12.0. The lowest BCUT2D eigenvalue weighted by Crippen LogP contribution is -2.20. The minimum absolute atomic E-state index is 0.306. The van der Waals surface area contributed by atoms with Gasteiger partial charge in [0.2, 0.25) is 0 Å². The number of hydrogen-bond donors (Lipinski definition) is 2. The van der Waals surface area contributed by atoms with Crippen LogP contribution in [0, 0.1) is 13.8 Å². The lowest BCUT2D eigenvalue weighted by Gasteiger charge is -2.12. The van der Waals surface area contributed by atoms with Gasteiger partial charge in [-0.25, -0.2) is 4.79 Å². The second-order valence-corrected chi connectivity index (χ2v) is 5.74. The molecule has 0 radical (unpaired) electrons. The Kier molecular flexibility index (Phi) is 4.68. The van der Waals surface area contributed by atoms with Gasteiger partial charge in [-0.3, -0.25) is 0 Å². The quantitative estimate of drug-likeness (QED) is 0.749. The monoisotopic (exact) mass is 352 g/mol. The highest BCUT2D eigenvalue weighted by molar-refractivity contribution is 9.10. The van der Waals surface area contributed by atoms with Crippen LogP contribution in [0.25, 0.3) is 0 Å². The summed E-state index contributed by atoms with van der Waals surface area (Å²) in [5.74, 6) is 0. The van der Waals surface area contributed by atoms with Crippen molar-refractivity contribution in [3.63, 3.8) is 0 Å². The average Bonchev–Trinajstić information content (AvgIpc) is 2.38. The van der Waals surface area contributed by atoms with Crippen LogP contribution in [0.2, 0.25) is 5.02 Å². The summed E-state index contributed by atoms with van der Waals surface area (Å²) in [6, 6.07) is 10.8. The van der Waals surface area contributed by atoms with Crippen molar-refractivity contribution in [1.82, 2.24) is 0 Å². The van der Waals surface area contributed by atoms with E-state index in [0.717, 1.165) is 15.6 Å². The van der Waals surface area contributed by atoms with E-state index in [4.69, 9.17) is 11.6 Å². The summed E-state index contributed by atoms with van der Waals surface area (Å²) >= 11 is 9.44. The molecule has 0 aliphatic rings. The van der Waals surface area contributed by atoms with E-state index >= 15 is 0 Å². The fourth-order valence-electron chi connectivity index (χ4n) is 1.74. The number of urea groups is 1. The summed E-state index contributed by atoms with van der Waals surface area (Å²) in [5, 5.41) is 6.20. The molecule has 0 saturated heterocycles. The zero-order valence-corrected chi connectivity index (χ0v) is 13.5. The van der Waals surface area contributed by atoms with Crippen molar-refractivity contribution in [3.8, 4) is 0 Å². The molecule has 2 amide bonds. The molecule has 2 N–H and O–H groups in total.